The van der Waals surface area contributed by atoms with E-state index in [4.69, 9.17) is 9.47 Å². The third-order valence-electron chi connectivity index (χ3n) is 3.75. The summed E-state index contributed by atoms with van der Waals surface area (Å²) in [6.07, 6.45) is 1.34. The number of phenols is 1. The van der Waals surface area contributed by atoms with Gasteiger partial charge in [-0.15, -0.1) is 0 Å². The Bertz CT molecular complexity index is 467. The molecule has 2 rings (SSSR count). The van der Waals surface area contributed by atoms with Crippen molar-refractivity contribution in [3.63, 3.8) is 0 Å². The average Bonchev–Trinajstić information content (AvgIpc) is 2.43. The number of halogens is 1. The molecule has 5 heteroatoms. The first-order valence-corrected chi connectivity index (χ1v) is 7.75. The predicted octanol–water partition coefficient (Wildman–Crippen LogP) is 3.16. The van der Waals surface area contributed by atoms with Crippen molar-refractivity contribution < 1.29 is 14.6 Å². The third kappa shape index (κ3) is 3.45. The van der Waals surface area contributed by atoms with Gasteiger partial charge in [0, 0.05) is 19.1 Å². The van der Waals surface area contributed by atoms with Gasteiger partial charge in [0.05, 0.1) is 24.3 Å². The maximum absolute atomic E-state index is 9.86. The number of rotatable bonds is 4. The van der Waals surface area contributed by atoms with E-state index in [0.717, 1.165) is 31.7 Å². The van der Waals surface area contributed by atoms with Gasteiger partial charge in [-0.2, -0.15) is 0 Å². The number of ether oxygens (including phenoxy) is 2. The highest BCUT2D eigenvalue weighted by atomic mass is 79.9. The van der Waals surface area contributed by atoms with Gasteiger partial charge < -0.3 is 14.6 Å². The molecule has 1 aromatic carbocycles. The molecule has 0 aromatic heterocycles. The standard InChI is InChI=1S/C15H22BrNO3/c1-4-12-9-20-10(2)7-17(12)8-11-5-13(16)15(18)14(6-11)19-3/h5-6,10,12,18H,4,7-9H2,1-3H3. The zero-order valence-corrected chi connectivity index (χ0v) is 13.8. The maximum Gasteiger partial charge on any atom is 0.172 e. The molecule has 2 unspecified atom stereocenters. The van der Waals surface area contributed by atoms with Gasteiger partial charge in [-0.25, -0.2) is 0 Å². The van der Waals surface area contributed by atoms with E-state index in [1.54, 1.807) is 7.11 Å². The number of hydrogen-bond donors (Lipinski definition) is 1. The highest BCUT2D eigenvalue weighted by Crippen LogP contribution is 2.35. The Balaban J connectivity index is 2.17. The van der Waals surface area contributed by atoms with Gasteiger partial charge in [0.25, 0.3) is 0 Å². The van der Waals surface area contributed by atoms with Crippen molar-refractivity contribution in [3.8, 4) is 11.5 Å². The van der Waals surface area contributed by atoms with E-state index in [1.165, 1.54) is 0 Å². The molecule has 20 heavy (non-hydrogen) atoms. The van der Waals surface area contributed by atoms with Crippen LogP contribution in [0.2, 0.25) is 0 Å². The van der Waals surface area contributed by atoms with Crippen LogP contribution < -0.4 is 4.74 Å². The first-order chi connectivity index (χ1) is 9.55. The van der Waals surface area contributed by atoms with E-state index in [1.807, 2.05) is 12.1 Å². The highest BCUT2D eigenvalue weighted by molar-refractivity contribution is 9.10. The summed E-state index contributed by atoms with van der Waals surface area (Å²) in [6.45, 7) is 6.84. The van der Waals surface area contributed by atoms with Gasteiger partial charge in [-0.3, -0.25) is 4.90 Å². The quantitative estimate of drug-likeness (QED) is 0.911. The summed E-state index contributed by atoms with van der Waals surface area (Å²) in [6, 6.07) is 4.29. The molecule has 1 aliphatic rings. The fourth-order valence-electron chi connectivity index (χ4n) is 2.59. The summed E-state index contributed by atoms with van der Waals surface area (Å²) in [5.74, 6) is 0.655. The number of methoxy groups -OCH3 is 1. The highest BCUT2D eigenvalue weighted by Gasteiger charge is 2.25. The number of nitrogens with zero attached hydrogens (tertiary/aromatic N) is 1. The van der Waals surface area contributed by atoms with Crippen LogP contribution in [0.25, 0.3) is 0 Å². The van der Waals surface area contributed by atoms with E-state index in [0.29, 0.717) is 16.3 Å². The molecular formula is C15H22BrNO3. The second-order valence-corrected chi connectivity index (χ2v) is 6.12. The Morgan fingerprint density at radius 2 is 2.25 bits per heavy atom. The summed E-state index contributed by atoms with van der Waals surface area (Å²) in [7, 11) is 1.57. The smallest absolute Gasteiger partial charge is 0.172 e. The van der Waals surface area contributed by atoms with Gasteiger partial charge >= 0.3 is 0 Å². The molecule has 112 valence electrons. The minimum absolute atomic E-state index is 0.152. The minimum atomic E-state index is 0.152. The molecule has 4 nitrogen and oxygen atoms in total. The second-order valence-electron chi connectivity index (χ2n) is 5.26. The van der Waals surface area contributed by atoms with Crippen LogP contribution in [0.5, 0.6) is 11.5 Å². The number of benzene rings is 1. The lowest BCUT2D eigenvalue weighted by Gasteiger charge is -2.38. The Morgan fingerprint density at radius 1 is 1.50 bits per heavy atom. The van der Waals surface area contributed by atoms with Gasteiger partial charge in [0.15, 0.2) is 11.5 Å². The third-order valence-corrected chi connectivity index (χ3v) is 4.35. The predicted molar refractivity (Wildman–Crippen MR) is 82.3 cm³/mol. The van der Waals surface area contributed by atoms with Gasteiger partial charge in [0.2, 0.25) is 0 Å². The van der Waals surface area contributed by atoms with Crippen LogP contribution in [0.4, 0.5) is 0 Å². The summed E-state index contributed by atoms with van der Waals surface area (Å²) in [5, 5.41) is 9.86. The Morgan fingerprint density at radius 3 is 2.90 bits per heavy atom. The van der Waals surface area contributed by atoms with Crippen molar-refractivity contribution in [2.45, 2.75) is 39.0 Å². The van der Waals surface area contributed by atoms with Crippen LogP contribution in [-0.2, 0) is 11.3 Å². The van der Waals surface area contributed by atoms with Crippen molar-refractivity contribution in [2.75, 3.05) is 20.3 Å². The van der Waals surface area contributed by atoms with Crippen molar-refractivity contribution in [2.24, 2.45) is 0 Å². The molecule has 1 N–H and O–H groups in total. The minimum Gasteiger partial charge on any atom is -0.503 e. The maximum atomic E-state index is 9.86. The number of aromatic hydroxyl groups is 1. The van der Waals surface area contributed by atoms with Crippen molar-refractivity contribution in [3.05, 3.63) is 22.2 Å². The first-order valence-electron chi connectivity index (χ1n) is 6.96. The van der Waals surface area contributed by atoms with Crippen LogP contribution >= 0.6 is 15.9 Å². The zero-order chi connectivity index (χ0) is 14.7. The van der Waals surface area contributed by atoms with E-state index >= 15 is 0 Å². The largest absolute Gasteiger partial charge is 0.503 e. The SMILES string of the molecule is CCC1COC(C)CN1Cc1cc(Br)c(O)c(OC)c1. The topological polar surface area (TPSA) is 41.9 Å². The van der Waals surface area contributed by atoms with Crippen molar-refractivity contribution in [1.82, 2.24) is 4.90 Å². The summed E-state index contributed by atoms with van der Waals surface area (Å²) < 4.78 is 11.6. The van der Waals surface area contributed by atoms with E-state index < -0.39 is 0 Å². The van der Waals surface area contributed by atoms with Gasteiger partial charge in [-0.05, 0) is 47.0 Å². The van der Waals surface area contributed by atoms with Crippen molar-refractivity contribution >= 4 is 15.9 Å². The summed E-state index contributed by atoms with van der Waals surface area (Å²) in [4.78, 5) is 2.44. The molecule has 1 aliphatic heterocycles. The average molecular weight is 344 g/mol. The van der Waals surface area contributed by atoms with Crippen molar-refractivity contribution in [1.29, 1.82) is 0 Å². The summed E-state index contributed by atoms with van der Waals surface area (Å²) >= 11 is 3.37. The van der Waals surface area contributed by atoms with E-state index in [-0.39, 0.29) is 11.9 Å². The second kappa shape index (κ2) is 6.78. The number of morpholine rings is 1. The lowest BCUT2D eigenvalue weighted by molar-refractivity contribution is -0.0592. The molecule has 0 amide bonds. The molecule has 1 heterocycles. The van der Waals surface area contributed by atoms with Crippen LogP contribution in [0, 0.1) is 0 Å². The molecule has 1 aromatic rings. The lowest BCUT2D eigenvalue weighted by atomic mass is 10.1. The van der Waals surface area contributed by atoms with E-state index in [9.17, 15) is 5.11 Å². The fourth-order valence-corrected chi connectivity index (χ4v) is 3.08. The van der Waals surface area contributed by atoms with Gasteiger partial charge in [-0.1, -0.05) is 6.92 Å². The fraction of sp³-hybridized carbons (Fsp3) is 0.600. The molecule has 1 saturated heterocycles. The lowest BCUT2D eigenvalue weighted by Crippen LogP contribution is -2.47. The Hall–Kier alpha value is -0.780. The molecule has 0 radical (unpaired) electrons. The summed E-state index contributed by atoms with van der Waals surface area (Å²) in [5.41, 5.74) is 1.12. The van der Waals surface area contributed by atoms with Crippen LogP contribution in [0.3, 0.4) is 0 Å². The molecule has 2 atom stereocenters. The number of phenolic OH excluding ortho intramolecular Hbond substituents is 1. The van der Waals surface area contributed by atoms with Crippen LogP contribution in [0.1, 0.15) is 25.8 Å². The monoisotopic (exact) mass is 343 g/mol. The zero-order valence-electron chi connectivity index (χ0n) is 12.2. The van der Waals surface area contributed by atoms with E-state index in [2.05, 4.69) is 34.7 Å². The molecule has 0 saturated carbocycles. The molecule has 0 aliphatic carbocycles. The first kappa shape index (κ1) is 15.6. The molecular weight excluding hydrogens is 322 g/mol. The number of hydrogen-bond acceptors (Lipinski definition) is 4. The van der Waals surface area contributed by atoms with Gasteiger partial charge in [0.1, 0.15) is 0 Å². The van der Waals surface area contributed by atoms with Crippen LogP contribution in [0.15, 0.2) is 16.6 Å². The Labute approximate surface area is 128 Å². The molecule has 0 spiro atoms. The molecule has 0 bridgehead atoms. The normalized spacial score (nSPS) is 23.8. The molecule has 1 fully saturated rings. The van der Waals surface area contributed by atoms with Crippen LogP contribution in [-0.4, -0.2) is 42.4 Å². The Kier molecular flexibility index (Phi) is 5.29.